The van der Waals surface area contributed by atoms with Gasteiger partial charge >= 0.3 is 0 Å². The molecule has 0 aromatic heterocycles. The van der Waals surface area contributed by atoms with E-state index < -0.39 is 0 Å². The van der Waals surface area contributed by atoms with Gasteiger partial charge in [-0.3, -0.25) is 4.79 Å². The fourth-order valence-electron chi connectivity index (χ4n) is 2.16. The second-order valence-electron chi connectivity index (χ2n) is 4.41. The van der Waals surface area contributed by atoms with Crippen LogP contribution in [0.5, 0.6) is 0 Å². The van der Waals surface area contributed by atoms with Gasteiger partial charge in [0.2, 0.25) is 5.91 Å². The zero-order valence-corrected chi connectivity index (χ0v) is 8.31. The van der Waals surface area contributed by atoms with Crippen LogP contribution in [0.25, 0.3) is 0 Å². The van der Waals surface area contributed by atoms with Gasteiger partial charge in [0.05, 0.1) is 0 Å². The first-order chi connectivity index (χ1) is 5.58. The molecule has 1 atom stereocenters. The molecule has 0 radical (unpaired) electrons. The van der Waals surface area contributed by atoms with Gasteiger partial charge in [-0.1, -0.05) is 20.8 Å². The van der Waals surface area contributed by atoms with Crippen LogP contribution < -0.4 is 5.32 Å². The highest BCUT2D eigenvalue weighted by Crippen LogP contribution is 2.36. The lowest BCUT2D eigenvalue weighted by Gasteiger charge is -2.27. The van der Waals surface area contributed by atoms with E-state index in [2.05, 4.69) is 26.1 Å². The fraction of sp³-hybridized carbons (Fsp3) is 0.900. The number of amides is 1. The Morgan fingerprint density at radius 3 is 2.58 bits per heavy atom. The molecule has 1 aliphatic rings. The molecule has 0 aliphatic carbocycles. The van der Waals surface area contributed by atoms with Crippen LogP contribution in [0.4, 0.5) is 0 Å². The van der Waals surface area contributed by atoms with Crippen LogP contribution in [0.3, 0.4) is 0 Å². The van der Waals surface area contributed by atoms with E-state index in [1.165, 1.54) is 6.42 Å². The number of rotatable bonds is 3. The van der Waals surface area contributed by atoms with E-state index in [1.807, 2.05) is 0 Å². The maximum absolute atomic E-state index is 11.1. The lowest BCUT2D eigenvalue weighted by Crippen LogP contribution is -2.24. The van der Waals surface area contributed by atoms with Gasteiger partial charge in [0.1, 0.15) is 0 Å². The molecular weight excluding hydrogens is 150 g/mol. The largest absolute Gasteiger partial charge is 0.356 e. The zero-order valence-electron chi connectivity index (χ0n) is 8.31. The van der Waals surface area contributed by atoms with Gasteiger partial charge in [0, 0.05) is 13.0 Å². The lowest BCUT2D eigenvalue weighted by atomic mass is 9.77. The maximum atomic E-state index is 11.1. The van der Waals surface area contributed by atoms with E-state index in [1.54, 1.807) is 0 Å². The van der Waals surface area contributed by atoms with Crippen LogP contribution in [-0.4, -0.2) is 12.5 Å². The molecule has 1 aliphatic heterocycles. The van der Waals surface area contributed by atoms with E-state index in [-0.39, 0.29) is 11.3 Å². The Balaban J connectivity index is 2.58. The average molecular weight is 169 g/mol. The second-order valence-corrected chi connectivity index (χ2v) is 4.41. The van der Waals surface area contributed by atoms with Crippen molar-refractivity contribution in [2.75, 3.05) is 6.54 Å². The van der Waals surface area contributed by atoms with Gasteiger partial charge < -0.3 is 5.32 Å². The predicted molar refractivity (Wildman–Crippen MR) is 49.8 cm³/mol. The Labute approximate surface area is 74.7 Å². The summed E-state index contributed by atoms with van der Waals surface area (Å²) in [5.41, 5.74) is 0.269. The van der Waals surface area contributed by atoms with E-state index in [9.17, 15) is 4.79 Å². The van der Waals surface area contributed by atoms with E-state index in [0.29, 0.717) is 5.92 Å². The Morgan fingerprint density at radius 1 is 1.58 bits per heavy atom. The van der Waals surface area contributed by atoms with Crippen LogP contribution in [0.15, 0.2) is 0 Å². The molecule has 0 aromatic rings. The summed E-state index contributed by atoms with van der Waals surface area (Å²) < 4.78 is 0. The van der Waals surface area contributed by atoms with Gasteiger partial charge in [0.15, 0.2) is 0 Å². The van der Waals surface area contributed by atoms with E-state index in [4.69, 9.17) is 0 Å². The molecule has 70 valence electrons. The van der Waals surface area contributed by atoms with Crippen molar-refractivity contribution in [1.29, 1.82) is 0 Å². The Morgan fingerprint density at radius 2 is 2.25 bits per heavy atom. The van der Waals surface area contributed by atoms with Crippen molar-refractivity contribution in [3.05, 3.63) is 0 Å². The first kappa shape index (κ1) is 9.56. The summed E-state index contributed by atoms with van der Waals surface area (Å²) in [5, 5.41) is 2.93. The van der Waals surface area contributed by atoms with Crippen molar-refractivity contribution in [2.24, 2.45) is 11.3 Å². The number of carbonyl (C=O) groups is 1. The smallest absolute Gasteiger partial charge is 0.220 e. The molecule has 1 N–H and O–H groups in total. The Kier molecular flexibility index (Phi) is 2.76. The summed E-state index contributed by atoms with van der Waals surface area (Å²) in [6.07, 6.45) is 3.02. The van der Waals surface area contributed by atoms with Gasteiger partial charge in [-0.25, -0.2) is 0 Å². The first-order valence-electron chi connectivity index (χ1n) is 4.85. The summed E-state index contributed by atoms with van der Waals surface area (Å²) in [6, 6.07) is 0. The molecule has 12 heavy (non-hydrogen) atoms. The van der Waals surface area contributed by atoms with Crippen molar-refractivity contribution in [3.8, 4) is 0 Å². The second kappa shape index (κ2) is 3.46. The number of nitrogens with one attached hydrogen (secondary N) is 1. The molecule has 1 unspecified atom stereocenters. The summed E-state index contributed by atoms with van der Waals surface area (Å²) in [6.45, 7) is 7.52. The molecule has 0 aromatic carbocycles. The van der Waals surface area contributed by atoms with Gasteiger partial charge in [-0.15, -0.1) is 0 Å². The highest BCUT2D eigenvalue weighted by atomic mass is 16.1. The van der Waals surface area contributed by atoms with Crippen molar-refractivity contribution >= 4 is 5.91 Å². The number of carbonyl (C=O) groups excluding carboxylic acids is 1. The molecule has 1 heterocycles. The van der Waals surface area contributed by atoms with Crippen molar-refractivity contribution < 1.29 is 4.79 Å². The van der Waals surface area contributed by atoms with Gasteiger partial charge in [-0.2, -0.15) is 0 Å². The maximum Gasteiger partial charge on any atom is 0.220 e. The summed E-state index contributed by atoms with van der Waals surface area (Å²) >= 11 is 0. The SMILES string of the molecule is CCC1(CC(C)C)CNC(=O)C1. The Bertz CT molecular complexity index is 177. The van der Waals surface area contributed by atoms with Crippen LogP contribution in [0.2, 0.25) is 0 Å². The van der Waals surface area contributed by atoms with Gasteiger partial charge in [-0.05, 0) is 24.2 Å². The fourth-order valence-corrected chi connectivity index (χ4v) is 2.16. The third-order valence-corrected chi connectivity index (χ3v) is 2.79. The van der Waals surface area contributed by atoms with Crippen LogP contribution >= 0.6 is 0 Å². The molecule has 2 nitrogen and oxygen atoms in total. The molecule has 1 rings (SSSR count). The monoisotopic (exact) mass is 169 g/mol. The van der Waals surface area contributed by atoms with Crippen LogP contribution in [0, 0.1) is 11.3 Å². The third kappa shape index (κ3) is 1.99. The topological polar surface area (TPSA) is 29.1 Å². The number of hydrogen-bond donors (Lipinski definition) is 1. The van der Waals surface area contributed by atoms with Crippen LogP contribution in [-0.2, 0) is 4.79 Å². The molecule has 0 saturated carbocycles. The minimum atomic E-state index is 0.234. The van der Waals surface area contributed by atoms with Gasteiger partial charge in [0.25, 0.3) is 0 Å². The van der Waals surface area contributed by atoms with Crippen LogP contribution in [0.1, 0.15) is 40.0 Å². The molecule has 2 heteroatoms. The Hall–Kier alpha value is -0.530. The number of hydrogen-bond acceptors (Lipinski definition) is 1. The highest BCUT2D eigenvalue weighted by Gasteiger charge is 2.36. The normalized spacial score (nSPS) is 29.5. The average Bonchev–Trinajstić information content (AvgIpc) is 2.32. The summed E-state index contributed by atoms with van der Waals surface area (Å²) in [5.74, 6) is 0.926. The molecular formula is C10H19NO. The van der Waals surface area contributed by atoms with Crippen molar-refractivity contribution in [1.82, 2.24) is 5.32 Å². The first-order valence-corrected chi connectivity index (χ1v) is 4.85. The molecule has 1 saturated heterocycles. The van der Waals surface area contributed by atoms with Crippen molar-refractivity contribution in [2.45, 2.75) is 40.0 Å². The van der Waals surface area contributed by atoms with E-state index >= 15 is 0 Å². The predicted octanol–water partition coefficient (Wildman–Crippen LogP) is 1.95. The molecule has 0 bridgehead atoms. The summed E-state index contributed by atoms with van der Waals surface area (Å²) in [4.78, 5) is 11.1. The minimum Gasteiger partial charge on any atom is -0.356 e. The highest BCUT2D eigenvalue weighted by molar-refractivity contribution is 5.79. The summed E-state index contributed by atoms with van der Waals surface area (Å²) in [7, 11) is 0. The zero-order chi connectivity index (χ0) is 9.19. The van der Waals surface area contributed by atoms with Crippen molar-refractivity contribution in [3.63, 3.8) is 0 Å². The molecule has 1 fully saturated rings. The van der Waals surface area contributed by atoms with E-state index in [0.717, 1.165) is 19.4 Å². The molecule has 0 spiro atoms. The standard InChI is InChI=1S/C10H19NO/c1-4-10(5-8(2)3)6-9(12)11-7-10/h8H,4-7H2,1-3H3,(H,11,12). The third-order valence-electron chi connectivity index (χ3n) is 2.79. The minimum absolute atomic E-state index is 0.234. The lowest BCUT2D eigenvalue weighted by molar-refractivity contribution is -0.119. The quantitative estimate of drug-likeness (QED) is 0.687. The molecule has 1 amide bonds.